The van der Waals surface area contributed by atoms with Gasteiger partial charge in [0, 0.05) is 37.1 Å². The highest BCUT2D eigenvalue weighted by Gasteiger charge is 2.15. The predicted molar refractivity (Wildman–Crippen MR) is 81.2 cm³/mol. The van der Waals surface area contributed by atoms with E-state index in [0.29, 0.717) is 24.7 Å². The zero-order valence-electron chi connectivity index (χ0n) is 12.5. The second-order valence-electron chi connectivity index (χ2n) is 4.84. The summed E-state index contributed by atoms with van der Waals surface area (Å²) in [6, 6.07) is 1.79. The zero-order chi connectivity index (χ0) is 15.9. The Morgan fingerprint density at radius 3 is 2.76 bits per heavy atom. The summed E-state index contributed by atoms with van der Waals surface area (Å²) < 4.78 is 26.8. The number of aromatic nitrogens is 1. The van der Waals surface area contributed by atoms with Crippen molar-refractivity contribution in [2.45, 2.75) is 24.8 Å². The topological polar surface area (TPSA) is 82.5 Å². The molecule has 0 radical (unpaired) electrons. The molecule has 0 amide bonds. The lowest BCUT2D eigenvalue weighted by Crippen LogP contribution is -2.36. The third kappa shape index (κ3) is 5.81. The molecule has 0 fully saturated rings. The molecular weight excluding hydrogens is 290 g/mol. The Kier molecular flexibility index (Phi) is 6.78. The molecular formula is C14H21N3O3S. The molecule has 1 heterocycles. The lowest BCUT2D eigenvalue weighted by atomic mass is 10.3. The molecule has 0 atom stereocenters. The lowest BCUT2D eigenvalue weighted by molar-refractivity contribution is 0.278. The number of aliphatic hydroxyl groups excluding tert-OH is 1. The number of sulfonamides is 1. The maximum absolute atomic E-state index is 12.1. The molecule has 0 saturated carbocycles. The highest BCUT2D eigenvalue weighted by Crippen LogP contribution is 2.08. The van der Waals surface area contributed by atoms with Crippen molar-refractivity contribution in [1.82, 2.24) is 14.6 Å². The first kappa shape index (κ1) is 17.6. The van der Waals surface area contributed by atoms with E-state index in [1.807, 2.05) is 25.8 Å². The number of nitrogens with one attached hydrogen (secondary N) is 1. The number of pyridine rings is 1. The van der Waals surface area contributed by atoms with Crippen LogP contribution in [0.1, 0.15) is 19.4 Å². The molecule has 1 aromatic rings. The molecule has 0 spiro atoms. The zero-order valence-corrected chi connectivity index (χ0v) is 13.3. The quantitative estimate of drug-likeness (QED) is 0.725. The first-order valence-electron chi connectivity index (χ1n) is 6.61. The average molecular weight is 311 g/mol. The highest BCUT2D eigenvalue weighted by atomic mass is 32.2. The minimum Gasteiger partial charge on any atom is -0.384 e. The van der Waals surface area contributed by atoms with Crippen molar-refractivity contribution < 1.29 is 13.5 Å². The monoisotopic (exact) mass is 311 g/mol. The summed E-state index contributed by atoms with van der Waals surface area (Å²) in [5.41, 5.74) is 0.450. The number of rotatable bonds is 6. The molecule has 7 heteroatoms. The Balaban J connectivity index is 2.74. The Bertz CT molecular complexity index is 618. The van der Waals surface area contributed by atoms with Gasteiger partial charge >= 0.3 is 0 Å². The average Bonchev–Trinajstić information content (AvgIpc) is 2.45. The first-order chi connectivity index (χ1) is 9.86. The Hall–Kier alpha value is -1.46. The first-order valence-corrected chi connectivity index (χ1v) is 8.10. The van der Waals surface area contributed by atoms with Crippen molar-refractivity contribution in [2.24, 2.45) is 0 Å². The smallest absolute Gasteiger partial charge is 0.242 e. The fourth-order valence-electron chi connectivity index (χ4n) is 1.47. The van der Waals surface area contributed by atoms with Gasteiger partial charge in [0.2, 0.25) is 10.0 Å². The standard InChI is InChI=1S/C14H21N3O3S/c1-12(2)17(3)7-6-16-21(19,20)14-9-13(5-4-8-18)10-15-11-14/h9-12,16,18H,6-8H2,1-3H3. The Morgan fingerprint density at radius 1 is 1.43 bits per heavy atom. The van der Waals surface area contributed by atoms with Gasteiger partial charge in [-0.3, -0.25) is 4.98 Å². The number of aliphatic hydroxyl groups is 1. The molecule has 0 aliphatic carbocycles. The molecule has 1 rings (SSSR count). The molecule has 116 valence electrons. The minimum absolute atomic E-state index is 0.0689. The van der Waals surface area contributed by atoms with Crippen molar-refractivity contribution in [3.63, 3.8) is 0 Å². The summed E-state index contributed by atoms with van der Waals surface area (Å²) in [5, 5.41) is 8.64. The van der Waals surface area contributed by atoms with Crippen LogP contribution in [-0.4, -0.2) is 56.2 Å². The second-order valence-corrected chi connectivity index (χ2v) is 6.61. The van der Waals surface area contributed by atoms with Gasteiger partial charge in [0.15, 0.2) is 0 Å². The second kappa shape index (κ2) is 8.10. The van der Waals surface area contributed by atoms with Crippen molar-refractivity contribution in [1.29, 1.82) is 0 Å². The van der Waals surface area contributed by atoms with Gasteiger partial charge < -0.3 is 10.0 Å². The molecule has 6 nitrogen and oxygen atoms in total. The number of likely N-dealkylation sites (N-methyl/N-ethyl adjacent to an activating group) is 1. The van der Waals surface area contributed by atoms with E-state index < -0.39 is 10.0 Å². The van der Waals surface area contributed by atoms with E-state index in [1.165, 1.54) is 18.5 Å². The fraction of sp³-hybridized carbons (Fsp3) is 0.500. The normalized spacial score (nSPS) is 11.5. The van der Waals surface area contributed by atoms with Gasteiger partial charge in [-0.1, -0.05) is 11.8 Å². The number of nitrogens with zero attached hydrogens (tertiary/aromatic N) is 2. The van der Waals surface area contributed by atoms with Crippen LogP contribution in [0.3, 0.4) is 0 Å². The summed E-state index contributed by atoms with van der Waals surface area (Å²) in [6.07, 6.45) is 2.73. The molecule has 21 heavy (non-hydrogen) atoms. The third-order valence-corrected chi connectivity index (χ3v) is 4.40. The third-order valence-electron chi connectivity index (χ3n) is 2.97. The SMILES string of the molecule is CC(C)N(C)CCNS(=O)(=O)c1cncc(C#CCO)c1. The van der Waals surface area contributed by atoms with E-state index in [1.54, 1.807) is 0 Å². The predicted octanol–water partition coefficient (Wildman–Crippen LogP) is 0.0439. The van der Waals surface area contributed by atoms with Crippen LogP contribution in [0.4, 0.5) is 0 Å². The van der Waals surface area contributed by atoms with E-state index in [4.69, 9.17) is 5.11 Å². The van der Waals surface area contributed by atoms with Crippen molar-refractivity contribution >= 4 is 10.0 Å². The van der Waals surface area contributed by atoms with Gasteiger partial charge in [-0.25, -0.2) is 13.1 Å². The lowest BCUT2D eigenvalue weighted by Gasteiger charge is -2.20. The van der Waals surface area contributed by atoms with Crippen LogP contribution in [0.2, 0.25) is 0 Å². The van der Waals surface area contributed by atoms with Crippen molar-refractivity contribution in [2.75, 3.05) is 26.7 Å². The molecule has 0 bridgehead atoms. The van der Waals surface area contributed by atoms with Crippen LogP contribution in [-0.2, 0) is 10.0 Å². The van der Waals surface area contributed by atoms with Gasteiger partial charge in [-0.2, -0.15) is 0 Å². The van der Waals surface area contributed by atoms with E-state index >= 15 is 0 Å². The summed E-state index contributed by atoms with van der Waals surface area (Å²) >= 11 is 0. The number of hydrogen-bond acceptors (Lipinski definition) is 5. The molecule has 0 aliphatic rings. The molecule has 1 aromatic heterocycles. The van der Waals surface area contributed by atoms with Crippen LogP contribution >= 0.6 is 0 Å². The maximum atomic E-state index is 12.1. The largest absolute Gasteiger partial charge is 0.384 e. The van der Waals surface area contributed by atoms with Gasteiger partial charge in [-0.05, 0) is 27.0 Å². The summed E-state index contributed by atoms with van der Waals surface area (Å²) in [5.74, 6) is 5.09. The van der Waals surface area contributed by atoms with E-state index in [0.717, 1.165) is 0 Å². The number of hydrogen-bond donors (Lipinski definition) is 2. The van der Waals surface area contributed by atoms with Crippen LogP contribution in [0, 0.1) is 11.8 Å². The fourth-order valence-corrected chi connectivity index (χ4v) is 2.48. The summed E-state index contributed by atoms with van der Waals surface area (Å²) in [6.45, 7) is 4.75. The highest BCUT2D eigenvalue weighted by molar-refractivity contribution is 7.89. The molecule has 0 saturated heterocycles. The van der Waals surface area contributed by atoms with Crippen LogP contribution in [0.15, 0.2) is 23.4 Å². The van der Waals surface area contributed by atoms with E-state index in [-0.39, 0.29) is 11.5 Å². The van der Waals surface area contributed by atoms with Gasteiger partial charge in [0.1, 0.15) is 11.5 Å². The van der Waals surface area contributed by atoms with Crippen molar-refractivity contribution in [3.05, 3.63) is 24.0 Å². The Labute approximate surface area is 126 Å². The Morgan fingerprint density at radius 2 is 2.14 bits per heavy atom. The summed E-state index contributed by atoms with van der Waals surface area (Å²) in [7, 11) is -1.66. The van der Waals surface area contributed by atoms with E-state index in [2.05, 4.69) is 21.5 Å². The van der Waals surface area contributed by atoms with Gasteiger partial charge in [0.25, 0.3) is 0 Å². The van der Waals surface area contributed by atoms with Crippen LogP contribution in [0.25, 0.3) is 0 Å². The molecule has 0 aromatic carbocycles. The van der Waals surface area contributed by atoms with Gasteiger partial charge in [-0.15, -0.1) is 0 Å². The molecule has 2 N–H and O–H groups in total. The minimum atomic E-state index is -3.60. The maximum Gasteiger partial charge on any atom is 0.242 e. The molecule has 0 aliphatic heterocycles. The molecule has 0 unspecified atom stereocenters. The van der Waals surface area contributed by atoms with Crippen LogP contribution < -0.4 is 4.72 Å². The van der Waals surface area contributed by atoms with E-state index in [9.17, 15) is 8.42 Å². The van der Waals surface area contributed by atoms with Gasteiger partial charge in [0.05, 0.1) is 0 Å². The van der Waals surface area contributed by atoms with Crippen LogP contribution in [0.5, 0.6) is 0 Å². The van der Waals surface area contributed by atoms with Crippen molar-refractivity contribution in [3.8, 4) is 11.8 Å². The summed E-state index contributed by atoms with van der Waals surface area (Å²) in [4.78, 5) is 5.98.